The lowest BCUT2D eigenvalue weighted by Gasteiger charge is -2.55. The molecule has 3 aromatic rings. The van der Waals surface area contributed by atoms with E-state index < -0.39 is 22.6 Å². The van der Waals surface area contributed by atoms with E-state index in [0.29, 0.717) is 33.8 Å². The van der Waals surface area contributed by atoms with Crippen molar-refractivity contribution in [2.75, 3.05) is 56.8 Å². The van der Waals surface area contributed by atoms with Crippen LogP contribution in [0.4, 0.5) is 24.5 Å². The van der Waals surface area contributed by atoms with Crippen molar-refractivity contribution in [1.29, 1.82) is 0 Å². The molecule has 3 aliphatic rings. The number of rotatable bonds is 8. The van der Waals surface area contributed by atoms with Crippen molar-refractivity contribution in [3.8, 4) is 17.6 Å². The first-order chi connectivity index (χ1) is 21.9. The number of halogens is 3. The van der Waals surface area contributed by atoms with Crippen LogP contribution < -0.4 is 15.4 Å². The molecular weight excluding hydrogens is 617 g/mol. The zero-order valence-corrected chi connectivity index (χ0v) is 27.1. The van der Waals surface area contributed by atoms with E-state index in [2.05, 4.69) is 27.4 Å². The highest BCUT2D eigenvalue weighted by Gasteiger charge is 2.46. The van der Waals surface area contributed by atoms with Crippen molar-refractivity contribution in [3.63, 3.8) is 0 Å². The van der Waals surface area contributed by atoms with Gasteiger partial charge in [0.25, 0.3) is 0 Å². The van der Waals surface area contributed by atoms with Crippen LogP contribution in [0.1, 0.15) is 44.2 Å². The standard InChI is InChI=1S/C34H41F3N4O4S/c1-44-32-19-27(46(2,42)43)13-14-30(32)38-16-4-6-26-18-28-29(7-3-8-31(28)41(26)22-34(35,36)37)39-24-9-11-25(12-10-24)40-20-33(21-40)15-5-17-45-23-33/h3,7-8,13-14,18-19,24-25,38-39H,5,9-12,15-17,20-23H2,1-2H3/t24-,25+. The Morgan fingerprint density at radius 1 is 1.09 bits per heavy atom. The highest BCUT2D eigenvalue weighted by Crippen LogP contribution is 2.42. The first kappa shape index (κ1) is 32.5. The fourth-order valence-electron chi connectivity index (χ4n) is 7.22. The van der Waals surface area contributed by atoms with Crippen LogP contribution in [0, 0.1) is 17.3 Å². The van der Waals surface area contributed by atoms with E-state index in [-0.39, 0.29) is 23.2 Å². The molecule has 248 valence electrons. The summed E-state index contributed by atoms with van der Waals surface area (Å²) in [6.45, 7) is 3.00. The molecule has 1 aliphatic carbocycles. The fourth-order valence-corrected chi connectivity index (χ4v) is 7.86. The third-order valence-corrected chi connectivity index (χ3v) is 10.6. The molecular formula is C34H41F3N4O4S. The van der Waals surface area contributed by atoms with Crippen LogP contribution in [0.5, 0.6) is 5.75 Å². The normalized spacial score (nSPS) is 21.8. The summed E-state index contributed by atoms with van der Waals surface area (Å²) in [4.78, 5) is 2.73. The zero-order valence-electron chi connectivity index (χ0n) is 26.3. The Balaban J connectivity index is 1.14. The van der Waals surface area contributed by atoms with E-state index in [1.807, 2.05) is 6.07 Å². The average molecular weight is 659 g/mol. The number of methoxy groups -OCH3 is 1. The number of ether oxygens (including phenoxy) is 2. The van der Waals surface area contributed by atoms with Crippen LogP contribution in [-0.2, 0) is 21.1 Å². The van der Waals surface area contributed by atoms with Crippen LogP contribution >= 0.6 is 0 Å². The molecule has 1 aromatic heterocycles. The topological polar surface area (TPSA) is 84.8 Å². The number of hydrogen-bond donors (Lipinski definition) is 2. The van der Waals surface area contributed by atoms with Crippen molar-refractivity contribution >= 4 is 32.1 Å². The maximum absolute atomic E-state index is 13.7. The number of nitrogens with one attached hydrogen (secondary N) is 2. The predicted molar refractivity (Wildman–Crippen MR) is 173 cm³/mol. The Labute approximate surface area is 268 Å². The molecule has 3 heterocycles. The number of anilines is 2. The molecule has 2 saturated heterocycles. The van der Waals surface area contributed by atoms with Gasteiger partial charge in [0.2, 0.25) is 0 Å². The third-order valence-electron chi connectivity index (χ3n) is 9.52. The second-order valence-corrected chi connectivity index (χ2v) is 15.0. The van der Waals surface area contributed by atoms with Crippen LogP contribution in [-0.4, -0.2) is 82.4 Å². The quantitative estimate of drug-likeness (QED) is 0.291. The second-order valence-electron chi connectivity index (χ2n) is 13.0. The van der Waals surface area contributed by atoms with Crippen molar-refractivity contribution in [1.82, 2.24) is 9.47 Å². The van der Waals surface area contributed by atoms with Gasteiger partial charge in [-0.15, -0.1) is 0 Å². The van der Waals surface area contributed by atoms with Crippen molar-refractivity contribution in [2.24, 2.45) is 5.41 Å². The monoisotopic (exact) mass is 658 g/mol. The predicted octanol–water partition coefficient (Wildman–Crippen LogP) is 5.91. The molecule has 2 aliphatic heterocycles. The van der Waals surface area contributed by atoms with Crippen LogP contribution in [0.15, 0.2) is 47.4 Å². The molecule has 0 amide bonds. The molecule has 0 radical (unpaired) electrons. The van der Waals surface area contributed by atoms with Gasteiger partial charge in [-0.05, 0) is 74.8 Å². The molecule has 46 heavy (non-hydrogen) atoms. The maximum atomic E-state index is 13.7. The number of nitrogens with zero attached hydrogens (tertiary/aromatic N) is 2. The largest absolute Gasteiger partial charge is 0.495 e. The Kier molecular flexibility index (Phi) is 9.20. The molecule has 6 rings (SSSR count). The molecule has 2 aromatic carbocycles. The van der Waals surface area contributed by atoms with Crippen molar-refractivity contribution in [2.45, 2.75) is 68.2 Å². The minimum absolute atomic E-state index is 0.113. The van der Waals surface area contributed by atoms with E-state index in [1.165, 1.54) is 30.2 Å². The summed E-state index contributed by atoms with van der Waals surface area (Å²) >= 11 is 0. The minimum atomic E-state index is -4.42. The van der Waals surface area contributed by atoms with Gasteiger partial charge in [-0.1, -0.05) is 12.0 Å². The summed E-state index contributed by atoms with van der Waals surface area (Å²) in [5, 5.41) is 7.43. The van der Waals surface area contributed by atoms with Crippen LogP contribution in [0.2, 0.25) is 0 Å². The van der Waals surface area contributed by atoms with Crippen molar-refractivity contribution in [3.05, 3.63) is 48.2 Å². The molecule has 12 heteroatoms. The number of benzene rings is 2. The van der Waals surface area contributed by atoms with Crippen LogP contribution in [0.3, 0.4) is 0 Å². The summed E-state index contributed by atoms with van der Waals surface area (Å²) in [6.07, 6.45) is 3.34. The highest BCUT2D eigenvalue weighted by molar-refractivity contribution is 7.90. The van der Waals surface area contributed by atoms with Gasteiger partial charge < -0.3 is 24.7 Å². The molecule has 3 fully saturated rings. The Bertz CT molecular complexity index is 1720. The van der Waals surface area contributed by atoms with Gasteiger partial charge in [-0.25, -0.2) is 8.42 Å². The van der Waals surface area contributed by atoms with Gasteiger partial charge in [0, 0.05) is 60.6 Å². The Morgan fingerprint density at radius 3 is 2.54 bits per heavy atom. The number of sulfone groups is 1. The Hall–Kier alpha value is -3.40. The number of alkyl halides is 3. The van der Waals surface area contributed by atoms with E-state index in [9.17, 15) is 21.6 Å². The lowest BCUT2D eigenvalue weighted by molar-refractivity contribution is -0.140. The van der Waals surface area contributed by atoms with Gasteiger partial charge >= 0.3 is 6.18 Å². The number of likely N-dealkylation sites (tertiary alicyclic amines) is 1. The number of fused-ring (bicyclic) bond motifs is 1. The van der Waals surface area contributed by atoms with Gasteiger partial charge in [0.1, 0.15) is 12.3 Å². The van der Waals surface area contributed by atoms with Crippen LogP contribution in [0.25, 0.3) is 10.9 Å². The van der Waals surface area contributed by atoms with Gasteiger partial charge in [0.05, 0.1) is 42.1 Å². The molecule has 0 unspecified atom stereocenters. The molecule has 1 spiro atoms. The zero-order chi connectivity index (χ0) is 32.5. The fraction of sp³-hybridized carbons (Fsp3) is 0.529. The molecule has 2 N–H and O–H groups in total. The van der Waals surface area contributed by atoms with Gasteiger partial charge in [-0.3, -0.25) is 4.90 Å². The third kappa shape index (κ3) is 7.27. The van der Waals surface area contributed by atoms with E-state index in [0.717, 1.165) is 70.4 Å². The number of aromatic nitrogens is 1. The smallest absolute Gasteiger partial charge is 0.406 e. The lowest BCUT2D eigenvalue weighted by atomic mass is 9.73. The highest BCUT2D eigenvalue weighted by atomic mass is 32.2. The first-order valence-corrected chi connectivity index (χ1v) is 17.7. The molecule has 0 atom stereocenters. The lowest BCUT2D eigenvalue weighted by Crippen LogP contribution is -2.63. The summed E-state index contributed by atoms with van der Waals surface area (Å²) < 4.78 is 77.1. The molecule has 8 nitrogen and oxygen atoms in total. The average Bonchev–Trinajstić information content (AvgIpc) is 3.35. The first-order valence-electron chi connectivity index (χ1n) is 15.8. The number of hydrogen-bond acceptors (Lipinski definition) is 7. The summed E-state index contributed by atoms with van der Waals surface area (Å²) in [5.41, 5.74) is 2.46. The van der Waals surface area contributed by atoms with Crippen molar-refractivity contribution < 1.29 is 31.1 Å². The Morgan fingerprint density at radius 2 is 1.87 bits per heavy atom. The van der Waals surface area contributed by atoms with E-state index >= 15 is 0 Å². The minimum Gasteiger partial charge on any atom is -0.495 e. The SMILES string of the molecule is COc1cc(S(C)(=O)=O)ccc1NCC#Cc1cc2c(N[C@H]3CC[C@@H](N4CC5(CCCOC5)C4)CC3)cccc2n1CC(F)(F)F. The summed E-state index contributed by atoms with van der Waals surface area (Å²) in [5.74, 6) is 6.18. The van der Waals surface area contributed by atoms with E-state index in [4.69, 9.17) is 9.47 Å². The van der Waals surface area contributed by atoms with Gasteiger partial charge in [0.15, 0.2) is 9.84 Å². The molecule has 0 bridgehead atoms. The van der Waals surface area contributed by atoms with Gasteiger partial charge in [-0.2, -0.15) is 13.2 Å². The van der Waals surface area contributed by atoms with E-state index in [1.54, 1.807) is 24.3 Å². The summed E-state index contributed by atoms with van der Waals surface area (Å²) in [7, 11) is -1.98. The second kappa shape index (κ2) is 13.0. The maximum Gasteiger partial charge on any atom is 0.406 e. The molecule has 1 saturated carbocycles. The summed E-state index contributed by atoms with van der Waals surface area (Å²) in [6, 6.07) is 12.5.